The summed E-state index contributed by atoms with van der Waals surface area (Å²) in [7, 11) is 0. The number of carbonyl (C=O) groups is 1. The first-order chi connectivity index (χ1) is 12.1. The lowest BCUT2D eigenvalue weighted by atomic mass is 10.1. The van der Waals surface area contributed by atoms with Crippen LogP contribution in [0, 0.1) is 0 Å². The molecule has 5 atom stereocenters. The Bertz CT molecular complexity index is 791. The Morgan fingerprint density at radius 3 is 2.92 bits per heavy atom. The Hall–Kier alpha value is -2.34. The highest BCUT2D eigenvalue weighted by atomic mass is 16.6. The zero-order valence-electron chi connectivity index (χ0n) is 13.1. The van der Waals surface area contributed by atoms with Gasteiger partial charge >= 0.3 is 0 Å². The SMILES string of the molecule is Nc1ncnc2c1ncn2[C@@H]1O[C@H](C(=O)N[C@@H]2CCOC2)[C@@H](O)[C@H]1O. The summed E-state index contributed by atoms with van der Waals surface area (Å²) in [6.07, 6.45) is -1.61. The van der Waals surface area contributed by atoms with E-state index in [-0.39, 0.29) is 11.9 Å². The molecule has 0 spiro atoms. The Morgan fingerprint density at radius 1 is 1.32 bits per heavy atom. The molecular formula is C14H18N6O5. The van der Waals surface area contributed by atoms with Gasteiger partial charge in [0.25, 0.3) is 5.91 Å². The topological polar surface area (TPSA) is 158 Å². The van der Waals surface area contributed by atoms with Gasteiger partial charge in [-0.2, -0.15) is 0 Å². The van der Waals surface area contributed by atoms with Crippen LogP contribution in [-0.4, -0.2) is 73.2 Å². The van der Waals surface area contributed by atoms with Gasteiger partial charge in [-0.1, -0.05) is 0 Å². The van der Waals surface area contributed by atoms with E-state index in [9.17, 15) is 15.0 Å². The summed E-state index contributed by atoms with van der Waals surface area (Å²) in [5, 5.41) is 23.3. The van der Waals surface area contributed by atoms with Crippen LogP contribution in [0.25, 0.3) is 11.2 Å². The molecule has 2 aliphatic heterocycles. The second-order valence-corrected chi connectivity index (χ2v) is 6.08. The predicted molar refractivity (Wildman–Crippen MR) is 83.0 cm³/mol. The van der Waals surface area contributed by atoms with Crippen LogP contribution in [0.1, 0.15) is 12.6 Å². The molecule has 4 rings (SSSR count). The van der Waals surface area contributed by atoms with Crippen molar-refractivity contribution in [3.05, 3.63) is 12.7 Å². The van der Waals surface area contributed by atoms with Crippen molar-refractivity contribution in [1.82, 2.24) is 24.8 Å². The molecule has 134 valence electrons. The van der Waals surface area contributed by atoms with Gasteiger partial charge in [0.2, 0.25) is 0 Å². The van der Waals surface area contributed by atoms with Crippen molar-refractivity contribution in [2.45, 2.75) is 37.0 Å². The number of nitrogens with zero attached hydrogens (tertiary/aromatic N) is 4. The Labute approximate surface area is 141 Å². The fourth-order valence-electron chi connectivity index (χ4n) is 3.09. The number of aliphatic hydroxyl groups excluding tert-OH is 2. The molecule has 0 bridgehead atoms. The monoisotopic (exact) mass is 350 g/mol. The normalized spacial score (nSPS) is 32.3. The fourth-order valence-corrected chi connectivity index (χ4v) is 3.09. The highest BCUT2D eigenvalue weighted by Gasteiger charge is 2.48. The summed E-state index contributed by atoms with van der Waals surface area (Å²) in [5.74, 6) is -0.310. The van der Waals surface area contributed by atoms with Crippen LogP contribution in [0.2, 0.25) is 0 Å². The molecule has 11 nitrogen and oxygen atoms in total. The molecule has 0 aromatic carbocycles. The number of fused-ring (bicyclic) bond motifs is 1. The number of amides is 1. The number of rotatable bonds is 3. The van der Waals surface area contributed by atoms with Gasteiger partial charge in [0, 0.05) is 6.61 Å². The van der Waals surface area contributed by atoms with Gasteiger partial charge in [-0.3, -0.25) is 9.36 Å². The summed E-state index contributed by atoms with van der Waals surface area (Å²) in [6, 6.07) is -0.124. The number of anilines is 1. The minimum Gasteiger partial charge on any atom is -0.387 e. The molecule has 0 unspecified atom stereocenters. The summed E-state index contributed by atoms with van der Waals surface area (Å²) in [4.78, 5) is 24.4. The van der Waals surface area contributed by atoms with Gasteiger partial charge in [-0.25, -0.2) is 15.0 Å². The van der Waals surface area contributed by atoms with Gasteiger partial charge in [-0.05, 0) is 6.42 Å². The molecule has 2 aromatic rings. The van der Waals surface area contributed by atoms with E-state index >= 15 is 0 Å². The number of imidazole rings is 1. The summed E-state index contributed by atoms with van der Waals surface area (Å²) in [5.41, 5.74) is 6.43. The lowest BCUT2D eigenvalue weighted by molar-refractivity contribution is -0.138. The van der Waals surface area contributed by atoms with Gasteiger partial charge in [-0.15, -0.1) is 0 Å². The highest BCUT2D eigenvalue weighted by Crippen LogP contribution is 2.32. The molecule has 5 N–H and O–H groups in total. The van der Waals surface area contributed by atoms with Crippen molar-refractivity contribution in [2.24, 2.45) is 0 Å². The van der Waals surface area contributed by atoms with Crippen LogP contribution in [-0.2, 0) is 14.3 Å². The quantitative estimate of drug-likeness (QED) is 0.488. The van der Waals surface area contributed by atoms with E-state index in [1.165, 1.54) is 17.2 Å². The maximum absolute atomic E-state index is 12.4. The maximum atomic E-state index is 12.4. The molecule has 4 heterocycles. The van der Waals surface area contributed by atoms with Crippen molar-refractivity contribution in [1.29, 1.82) is 0 Å². The van der Waals surface area contributed by atoms with Crippen LogP contribution in [0.15, 0.2) is 12.7 Å². The Balaban J connectivity index is 1.56. The van der Waals surface area contributed by atoms with Crippen molar-refractivity contribution in [3.63, 3.8) is 0 Å². The molecule has 2 aromatic heterocycles. The molecule has 11 heteroatoms. The molecular weight excluding hydrogens is 332 g/mol. The van der Waals surface area contributed by atoms with Crippen molar-refractivity contribution in [3.8, 4) is 0 Å². The Kier molecular flexibility index (Phi) is 4.00. The minimum absolute atomic E-state index is 0.124. The molecule has 0 radical (unpaired) electrons. The zero-order chi connectivity index (χ0) is 17.6. The molecule has 25 heavy (non-hydrogen) atoms. The van der Waals surface area contributed by atoms with E-state index < -0.39 is 30.4 Å². The fraction of sp³-hybridized carbons (Fsp3) is 0.571. The zero-order valence-corrected chi connectivity index (χ0v) is 13.1. The first kappa shape index (κ1) is 16.1. The summed E-state index contributed by atoms with van der Waals surface area (Å²) >= 11 is 0. The number of nitrogens with two attached hydrogens (primary N) is 1. The predicted octanol–water partition coefficient (Wildman–Crippen LogP) is -2.07. The average Bonchev–Trinajstić information content (AvgIpc) is 3.30. The Morgan fingerprint density at radius 2 is 2.16 bits per heavy atom. The standard InChI is InChI=1S/C14H18N6O5/c15-11-7-12(17-4-16-11)20(5-18-7)14-9(22)8(21)10(25-14)13(23)19-6-1-2-24-3-6/h4-6,8-10,14,21-22H,1-3H2,(H,19,23)(H2,15,16,17)/t6-,8+,9-,10+,14-/m1/s1. The number of nitrogen functional groups attached to an aromatic ring is 1. The summed E-state index contributed by atoms with van der Waals surface area (Å²) < 4.78 is 12.2. The first-order valence-corrected chi connectivity index (χ1v) is 7.89. The molecule has 0 aliphatic carbocycles. The van der Waals surface area contributed by atoms with E-state index in [1.807, 2.05) is 0 Å². The number of ether oxygens (including phenoxy) is 2. The van der Waals surface area contributed by atoms with E-state index in [2.05, 4.69) is 20.3 Å². The van der Waals surface area contributed by atoms with E-state index in [4.69, 9.17) is 15.2 Å². The third-order valence-electron chi connectivity index (χ3n) is 4.43. The molecule has 2 fully saturated rings. The second-order valence-electron chi connectivity index (χ2n) is 6.08. The average molecular weight is 350 g/mol. The lowest BCUT2D eigenvalue weighted by Crippen LogP contribution is -2.46. The number of nitrogens with one attached hydrogen (secondary N) is 1. The van der Waals surface area contributed by atoms with Crippen LogP contribution in [0.5, 0.6) is 0 Å². The molecule has 1 amide bonds. The third kappa shape index (κ3) is 2.70. The third-order valence-corrected chi connectivity index (χ3v) is 4.43. The van der Waals surface area contributed by atoms with E-state index in [0.29, 0.717) is 30.8 Å². The largest absolute Gasteiger partial charge is 0.387 e. The number of aliphatic hydroxyl groups is 2. The molecule has 0 saturated carbocycles. The van der Waals surface area contributed by atoms with Crippen molar-refractivity contribution in [2.75, 3.05) is 18.9 Å². The number of hydrogen-bond donors (Lipinski definition) is 4. The van der Waals surface area contributed by atoms with Gasteiger partial charge in [0.05, 0.1) is 19.0 Å². The van der Waals surface area contributed by atoms with E-state index in [0.717, 1.165) is 0 Å². The van der Waals surface area contributed by atoms with Crippen molar-refractivity contribution < 1.29 is 24.5 Å². The number of carbonyl (C=O) groups excluding carboxylic acids is 1. The first-order valence-electron chi connectivity index (χ1n) is 7.89. The highest BCUT2D eigenvalue weighted by molar-refractivity contribution is 5.83. The van der Waals surface area contributed by atoms with Crippen LogP contribution in [0.4, 0.5) is 5.82 Å². The number of aromatic nitrogens is 4. The summed E-state index contributed by atoms with van der Waals surface area (Å²) in [6.45, 7) is 0.995. The minimum atomic E-state index is -1.39. The van der Waals surface area contributed by atoms with E-state index in [1.54, 1.807) is 0 Å². The second kappa shape index (κ2) is 6.19. The van der Waals surface area contributed by atoms with Gasteiger partial charge in [0.15, 0.2) is 23.8 Å². The maximum Gasteiger partial charge on any atom is 0.252 e. The molecule has 2 aliphatic rings. The van der Waals surface area contributed by atoms with Crippen molar-refractivity contribution >= 4 is 22.9 Å². The molecule has 2 saturated heterocycles. The van der Waals surface area contributed by atoms with Gasteiger partial charge in [0.1, 0.15) is 24.1 Å². The lowest BCUT2D eigenvalue weighted by Gasteiger charge is -2.17. The number of hydrogen-bond acceptors (Lipinski definition) is 9. The van der Waals surface area contributed by atoms with Gasteiger partial charge < -0.3 is 30.7 Å². The van der Waals surface area contributed by atoms with Crippen LogP contribution in [0.3, 0.4) is 0 Å². The van der Waals surface area contributed by atoms with Crippen LogP contribution >= 0.6 is 0 Å². The smallest absolute Gasteiger partial charge is 0.252 e. The van der Waals surface area contributed by atoms with Crippen LogP contribution < -0.4 is 11.1 Å².